The summed E-state index contributed by atoms with van der Waals surface area (Å²) < 4.78 is 4.69. The molecule has 0 radical (unpaired) electrons. The van der Waals surface area contributed by atoms with E-state index in [2.05, 4.69) is 109 Å². The van der Waals surface area contributed by atoms with E-state index < -0.39 is 8.07 Å². The summed E-state index contributed by atoms with van der Waals surface area (Å²) in [5.41, 5.74) is 9.88. The zero-order valence-electron chi connectivity index (χ0n) is 17.5. The molecule has 2 aromatic heterocycles. The molecule has 0 fully saturated rings. The monoisotopic (exact) mass is 394 g/mol. The average molecular weight is 395 g/mol. The van der Waals surface area contributed by atoms with Gasteiger partial charge in [0.05, 0.1) is 13.4 Å². The second-order valence-electron chi connectivity index (χ2n) is 9.34. The summed E-state index contributed by atoms with van der Waals surface area (Å²) in [6.07, 6.45) is 13.9. The van der Waals surface area contributed by atoms with Crippen molar-refractivity contribution in [3.63, 3.8) is 0 Å². The molecule has 0 amide bonds. The molecule has 2 atom stereocenters. The number of nitrogens with zero attached hydrogens (tertiary/aromatic N) is 2. The highest BCUT2D eigenvalue weighted by Crippen LogP contribution is 2.54. The lowest BCUT2D eigenvalue weighted by Gasteiger charge is -2.39. The maximum absolute atomic E-state index is 2.60. The van der Waals surface area contributed by atoms with E-state index in [0.717, 1.165) is 0 Å². The van der Waals surface area contributed by atoms with Gasteiger partial charge in [0, 0.05) is 54.0 Å². The molecule has 29 heavy (non-hydrogen) atoms. The fourth-order valence-electron chi connectivity index (χ4n) is 6.05. The van der Waals surface area contributed by atoms with Gasteiger partial charge in [0.25, 0.3) is 0 Å². The van der Waals surface area contributed by atoms with Crippen molar-refractivity contribution in [3.8, 4) is 11.1 Å². The van der Waals surface area contributed by atoms with E-state index in [4.69, 9.17) is 0 Å². The number of aryl methyl sites for hydroxylation is 2. The number of aromatic nitrogens is 2. The molecule has 2 unspecified atom stereocenters. The van der Waals surface area contributed by atoms with E-state index in [0.29, 0.717) is 11.1 Å². The minimum atomic E-state index is -1.84. The molecule has 0 aliphatic heterocycles. The Balaban J connectivity index is 1.60. The summed E-state index contributed by atoms with van der Waals surface area (Å²) in [7, 11) is 2.57. The van der Waals surface area contributed by atoms with Crippen molar-refractivity contribution in [3.05, 3.63) is 94.4 Å². The molecular weight excluding hydrogens is 368 g/mol. The van der Waals surface area contributed by atoms with Gasteiger partial charge in [-0.05, 0) is 40.5 Å². The summed E-state index contributed by atoms with van der Waals surface area (Å²) in [5.74, 6) is 0. The molecule has 6 rings (SSSR count). The second kappa shape index (κ2) is 5.64. The normalized spacial score (nSPS) is 21.4. The number of hydrogen-bond donors (Lipinski definition) is 0. The van der Waals surface area contributed by atoms with E-state index in [1.807, 2.05) is 0 Å². The summed E-state index contributed by atoms with van der Waals surface area (Å²) in [6, 6.07) is 13.7. The van der Waals surface area contributed by atoms with Crippen LogP contribution >= 0.6 is 0 Å². The van der Waals surface area contributed by atoms with Crippen molar-refractivity contribution in [1.29, 1.82) is 0 Å². The van der Waals surface area contributed by atoms with Crippen molar-refractivity contribution in [2.24, 2.45) is 14.1 Å². The van der Waals surface area contributed by atoms with Gasteiger partial charge in [-0.1, -0.05) is 55.6 Å². The van der Waals surface area contributed by atoms with Crippen LogP contribution in [0, 0.1) is 0 Å². The van der Waals surface area contributed by atoms with Crippen LogP contribution in [0.3, 0.4) is 0 Å². The molecule has 3 aliphatic carbocycles. The lowest BCUT2D eigenvalue weighted by molar-refractivity contribution is 0.831. The van der Waals surface area contributed by atoms with Crippen LogP contribution in [0.5, 0.6) is 0 Å². The quantitative estimate of drug-likeness (QED) is 0.576. The van der Waals surface area contributed by atoms with E-state index in [1.165, 1.54) is 38.5 Å². The zero-order chi connectivity index (χ0) is 19.9. The molecular formula is C26H26N2Si. The fourth-order valence-corrected chi connectivity index (χ4v) is 10.2. The third-order valence-electron chi connectivity index (χ3n) is 7.37. The number of allylic oxidation sites excluding steroid dienone is 4. The molecule has 0 bridgehead atoms. The zero-order valence-corrected chi connectivity index (χ0v) is 18.5. The van der Waals surface area contributed by atoms with Crippen molar-refractivity contribution in [1.82, 2.24) is 9.13 Å². The number of benzene rings is 1. The Kier molecular flexibility index (Phi) is 3.33. The predicted octanol–water partition coefficient (Wildman–Crippen LogP) is 4.23. The van der Waals surface area contributed by atoms with Gasteiger partial charge < -0.3 is 9.13 Å². The van der Waals surface area contributed by atoms with Gasteiger partial charge >= 0.3 is 0 Å². The first-order chi connectivity index (χ1) is 14.0. The molecule has 3 heteroatoms. The Bertz CT molecular complexity index is 1360. The first-order valence-corrected chi connectivity index (χ1v) is 13.6. The van der Waals surface area contributed by atoms with Crippen molar-refractivity contribution >= 4 is 19.7 Å². The Labute approximate surface area is 172 Å². The van der Waals surface area contributed by atoms with Crippen LogP contribution < -0.4 is 10.6 Å². The highest BCUT2D eigenvalue weighted by Gasteiger charge is 2.48. The minimum absolute atomic E-state index is 0.493. The SMILES string of the molecule is Cn1ccc2c1C([Si](C)(C)C1C=CC=C3C=c4ccn(C)c4=C31)c1ccccc1-2. The van der Waals surface area contributed by atoms with Crippen molar-refractivity contribution in [2.45, 2.75) is 24.2 Å². The average Bonchev–Trinajstić information content (AvgIpc) is 3.43. The topological polar surface area (TPSA) is 9.86 Å². The fraction of sp³-hybridized carbons (Fsp3) is 0.231. The van der Waals surface area contributed by atoms with Crippen molar-refractivity contribution < 1.29 is 0 Å². The summed E-state index contributed by atoms with van der Waals surface area (Å²) in [4.78, 5) is 0. The van der Waals surface area contributed by atoms with Gasteiger partial charge in [0.15, 0.2) is 0 Å². The molecule has 0 saturated carbocycles. The van der Waals surface area contributed by atoms with Crippen LogP contribution in [-0.2, 0) is 14.1 Å². The standard InChI is InChI=1S/C26H26N2Si/c1-27-14-12-18-16-17-8-7-11-22(23(17)24(18)27)29(3,4)26-21-10-6-5-9-19(21)20-13-15-28(2)25(20)26/h5-16,22,26H,1-4H3. The first kappa shape index (κ1) is 17.1. The van der Waals surface area contributed by atoms with Gasteiger partial charge in [-0.25, -0.2) is 0 Å². The lowest BCUT2D eigenvalue weighted by atomic mass is 10.0. The Hall–Kier alpha value is -2.78. The van der Waals surface area contributed by atoms with Crippen molar-refractivity contribution in [2.75, 3.05) is 0 Å². The number of hydrogen-bond acceptors (Lipinski definition) is 0. The number of rotatable bonds is 2. The maximum Gasteiger partial charge on any atom is 0.0743 e. The van der Waals surface area contributed by atoms with Crippen LogP contribution in [0.2, 0.25) is 18.6 Å². The smallest absolute Gasteiger partial charge is 0.0743 e. The largest absolute Gasteiger partial charge is 0.354 e. The van der Waals surface area contributed by atoms with Crippen LogP contribution in [-0.4, -0.2) is 17.2 Å². The van der Waals surface area contributed by atoms with Gasteiger partial charge in [-0.15, -0.1) is 0 Å². The molecule has 3 aromatic rings. The van der Waals surface area contributed by atoms with Gasteiger partial charge in [-0.3, -0.25) is 0 Å². The van der Waals surface area contributed by atoms with E-state index in [-0.39, 0.29) is 0 Å². The second-order valence-corrected chi connectivity index (χ2v) is 14.2. The Morgan fingerprint density at radius 2 is 1.69 bits per heavy atom. The van der Waals surface area contributed by atoms with E-state index >= 15 is 0 Å². The maximum atomic E-state index is 2.60. The molecule has 0 saturated heterocycles. The van der Waals surface area contributed by atoms with Gasteiger partial charge in [-0.2, -0.15) is 0 Å². The van der Waals surface area contributed by atoms with Crippen LogP contribution in [0.25, 0.3) is 22.8 Å². The molecule has 2 nitrogen and oxygen atoms in total. The molecule has 2 heterocycles. The molecule has 144 valence electrons. The van der Waals surface area contributed by atoms with Crippen LogP contribution in [0.15, 0.2) is 72.6 Å². The van der Waals surface area contributed by atoms with Crippen LogP contribution in [0.4, 0.5) is 0 Å². The highest BCUT2D eigenvalue weighted by molar-refractivity contribution is 6.83. The predicted molar refractivity (Wildman–Crippen MR) is 124 cm³/mol. The summed E-state index contributed by atoms with van der Waals surface area (Å²) in [5, 5.41) is 2.79. The van der Waals surface area contributed by atoms with Gasteiger partial charge in [0.1, 0.15) is 0 Å². The Morgan fingerprint density at radius 1 is 0.897 bits per heavy atom. The van der Waals surface area contributed by atoms with Crippen LogP contribution in [0.1, 0.15) is 16.8 Å². The van der Waals surface area contributed by atoms with Gasteiger partial charge in [0.2, 0.25) is 0 Å². The highest BCUT2D eigenvalue weighted by atomic mass is 28.3. The molecule has 0 N–H and O–H groups in total. The first-order valence-electron chi connectivity index (χ1n) is 10.5. The lowest BCUT2D eigenvalue weighted by Crippen LogP contribution is -2.43. The third-order valence-corrected chi connectivity index (χ3v) is 11.5. The third kappa shape index (κ3) is 2.11. The summed E-state index contributed by atoms with van der Waals surface area (Å²) >= 11 is 0. The summed E-state index contributed by atoms with van der Waals surface area (Å²) in [6.45, 7) is 5.20. The minimum Gasteiger partial charge on any atom is -0.354 e. The molecule has 1 aromatic carbocycles. The molecule has 0 spiro atoms. The van der Waals surface area contributed by atoms with E-state index in [1.54, 1.807) is 5.57 Å². The van der Waals surface area contributed by atoms with E-state index in [9.17, 15) is 0 Å². The Morgan fingerprint density at radius 3 is 2.55 bits per heavy atom. The molecule has 3 aliphatic rings. The number of fused-ring (bicyclic) bond motifs is 5.